The highest BCUT2D eigenvalue weighted by Gasteiger charge is 2.37. The quantitative estimate of drug-likeness (QED) is 0.484. The number of ether oxygens (including phenoxy) is 1. The number of fused-ring (bicyclic) bond motifs is 1. The van der Waals surface area contributed by atoms with E-state index in [4.69, 9.17) is 15.0 Å². The summed E-state index contributed by atoms with van der Waals surface area (Å²) in [6.07, 6.45) is 1.89. The summed E-state index contributed by atoms with van der Waals surface area (Å²) < 4.78 is 11.5. The molecule has 2 heterocycles. The van der Waals surface area contributed by atoms with Gasteiger partial charge in [-0.2, -0.15) is 4.98 Å². The molecule has 1 aliphatic rings. The maximum atomic E-state index is 12.7. The lowest BCUT2D eigenvalue weighted by Gasteiger charge is -2.36. The number of nitrogens with two attached hydrogens (primary N) is 1. The van der Waals surface area contributed by atoms with E-state index in [-0.39, 0.29) is 23.0 Å². The van der Waals surface area contributed by atoms with E-state index in [0.717, 1.165) is 12.8 Å². The molecule has 0 fully saturated rings. The highest BCUT2D eigenvalue weighted by Crippen LogP contribution is 2.39. The Kier molecular flexibility index (Phi) is 4.62. The van der Waals surface area contributed by atoms with Crippen molar-refractivity contribution in [3.8, 4) is 28.6 Å². The van der Waals surface area contributed by atoms with Gasteiger partial charge in [0.2, 0.25) is 5.82 Å². The maximum absolute atomic E-state index is 12.7. The van der Waals surface area contributed by atoms with Crippen LogP contribution in [0.15, 0.2) is 46.1 Å². The fourth-order valence-corrected chi connectivity index (χ4v) is 3.51. The van der Waals surface area contributed by atoms with Crippen LogP contribution in [-0.4, -0.2) is 21.5 Å². The van der Waals surface area contributed by atoms with Crippen molar-refractivity contribution < 1.29 is 14.1 Å². The van der Waals surface area contributed by atoms with Crippen LogP contribution in [0.1, 0.15) is 43.5 Å². The van der Waals surface area contributed by atoms with Crippen LogP contribution in [-0.2, 0) is 0 Å². The van der Waals surface area contributed by atoms with Gasteiger partial charge in [-0.05, 0) is 54.4 Å². The zero-order valence-corrected chi connectivity index (χ0v) is 16.1. The number of anilines is 1. The van der Waals surface area contributed by atoms with Gasteiger partial charge < -0.3 is 15.0 Å². The van der Waals surface area contributed by atoms with E-state index in [0.29, 0.717) is 34.7 Å². The Morgan fingerprint density at radius 3 is 2.59 bits per heavy atom. The molecule has 0 saturated carbocycles. The lowest BCUT2D eigenvalue weighted by Crippen LogP contribution is -2.40. The molecule has 2 N–H and O–H groups in total. The number of carbonyl (C=O) groups is 1. The Hall–Kier alpha value is -3.55. The van der Waals surface area contributed by atoms with Gasteiger partial charge in [0.25, 0.3) is 5.89 Å². The van der Waals surface area contributed by atoms with Gasteiger partial charge in [-0.3, -0.25) is 4.79 Å². The molecule has 0 aliphatic carbocycles. The van der Waals surface area contributed by atoms with Crippen LogP contribution in [0.25, 0.3) is 22.8 Å². The van der Waals surface area contributed by atoms with Crippen molar-refractivity contribution in [2.75, 3.05) is 5.73 Å². The van der Waals surface area contributed by atoms with Crippen LogP contribution in [0.4, 0.5) is 11.4 Å². The zero-order chi connectivity index (χ0) is 20.6. The summed E-state index contributed by atoms with van der Waals surface area (Å²) in [5.74, 6) is 1.22. The van der Waals surface area contributed by atoms with Gasteiger partial charge in [-0.1, -0.05) is 19.0 Å². The largest absolute Gasteiger partial charge is 0.486 e. The smallest absolute Gasteiger partial charge is 0.258 e. The normalized spacial score (nSPS) is 14.9. The van der Waals surface area contributed by atoms with Crippen molar-refractivity contribution >= 4 is 17.2 Å². The number of aromatic nitrogens is 2. The molecular weight excluding hydrogens is 372 g/mol. The first-order valence-electron chi connectivity index (χ1n) is 9.42. The molecule has 2 aromatic carbocycles. The predicted octanol–water partition coefficient (Wildman–Crippen LogP) is 4.91. The third-order valence-electron chi connectivity index (χ3n) is 5.43. The second-order valence-electron chi connectivity index (χ2n) is 7.09. The molecule has 0 unspecified atom stereocenters. The van der Waals surface area contributed by atoms with Crippen molar-refractivity contribution in [1.82, 2.24) is 10.1 Å². The zero-order valence-electron chi connectivity index (χ0n) is 16.1. The summed E-state index contributed by atoms with van der Waals surface area (Å²) in [6.45, 7) is 4.06. The first-order valence-corrected chi connectivity index (χ1v) is 9.42. The molecule has 3 aromatic rings. The Labute approximate surface area is 167 Å². The molecule has 0 spiro atoms. The lowest BCUT2D eigenvalue weighted by atomic mass is 9.85. The number of hydrogen-bond acceptors (Lipinski definition) is 8. The molecule has 29 heavy (non-hydrogen) atoms. The Morgan fingerprint density at radius 2 is 1.90 bits per heavy atom. The number of rotatable bonds is 5. The number of Topliss-reactive ketones (excluding diaryl/α,β-unsaturated/α-hetero) is 1. The second kappa shape index (κ2) is 7.12. The van der Waals surface area contributed by atoms with Crippen LogP contribution in [0.3, 0.4) is 0 Å². The summed E-state index contributed by atoms with van der Waals surface area (Å²) in [4.78, 5) is 27.8. The highest BCUT2D eigenvalue weighted by molar-refractivity contribution is 6.01. The van der Waals surface area contributed by atoms with Crippen LogP contribution < -0.4 is 10.5 Å². The number of hydrogen-bond donors (Lipinski definition) is 1. The fourth-order valence-electron chi connectivity index (χ4n) is 3.51. The van der Waals surface area contributed by atoms with Gasteiger partial charge in [0.1, 0.15) is 17.0 Å². The number of benzene rings is 2. The summed E-state index contributed by atoms with van der Waals surface area (Å²) in [7, 11) is 0. The van der Waals surface area contributed by atoms with E-state index in [9.17, 15) is 9.70 Å². The molecule has 0 amide bonds. The SMILES string of the molecule is CCC1(CC)CC(=O)c2cc(-c3nc(-c4ccc(N=O)c(N)c4)no3)ccc2O1. The number of nitroso groups, excluding NO2 is 1. The van der Waals surface area contributed by atoms with E-state index >= 15 is 0 Å². The molecular formula is C21H20N4O4. The maximum Gasteiger partial charge on any atom is 0.258 e. The van der Waals surface area contributed by atoms with E-state index in [1.165, 1.54) is 6.07 Å². The minimum absolute atomic E-state index is 0.0428. The van der Waals surface area contributed by atoms with E-state index in [2.05, 4.69) is 15.3 Å². The van der Waals surface area contributed by atoms with Crippen LogP contribution in [0.5, 0.6) is 5.75 Å². The molecule has 148 valence electrons. The molecule has 0 atom stereocenters. The Bertz CT molecular complexity index is 1100. The summed E-state index contributed by atoms with van der Waals surface area (Å²) in [5, 5.41) is 6.82. The minimum atomic E-state index is -0.439. The minimum Gasteiger partial charge on any atom is -0.486 e. The monoisotopic (exact) mass is 392 g/mol. The number of carbonyl (C=O) groups excluding carboxylic acids is 1. The topological polar surface area (TPSA) is 121 Å². The highest BCUT2D eigenvalue weighted by atomic mass is 16.5. The molecule has 1 aromatic heterocycles. The lowest BCUT2D eigenvalue weighted by molar-refractivity contribution is 0.0350. The van der Waals surface area contributed by atoms with Crippen molar-refractivity contribution in [2.45, 2.75) is 38.7 Å². The summed E-state index contributed by atoms with van der Waals surface area (Å²) in [6, 6.07) is 9.98. The van der Waals surface area contributed by atoms with Crippen molar-refractivity contribution in [3.05, 3.63) is 46.9 Å². The standard InChI is InChI=1S/C21H20N4O4/c1-3-21(4-2)11-17(26)14-9-13(6-8-18(14)28-21)20-23-19(25-29-20)12-5-7-16(24-27)15(22)10-12/h5-10H,3-4,11,22H2,1-2H3. The molecule has 4 rings (SSSR count). The van der Waals surface area contributed by atoms with Crippen LogP contribution in [0, 0.1) is 4.91 Å². The van der Waals surface area contributed by atoms with Gasteiger partial charge in [0, 0.05) is 11.1 Å². The third-order valence-corrected chi connectivity index (χ3v) is 5.43. The van der Waals surface area contributed by atoms with Gasteiger partial charge in [-0.25, -0.2) is 0 Å². The Morgan fingerprint density at radius 1 is 1.14 bits per heavy atom. The average Bonchev–Trinajstić information content (AvgIpc) is 3.23. The third kappa shape index (κ3) is 3.26. The van der Waals surface area contributed by atoms with Gasteiger partial charge in [0.15, 0.2) is 5.78 Å². The van der Waals surface area contributed by atoms with Gasteiger partial charge >= 0.3 is 0 Å². The number of nitrogens with zero attached hydrogens (tertiary/aromatic N) is 3. The molecule has 0 saturated heterocycles. The van der Waals surface area contributed by atoms with Crippen molar-refractivity contribution in [3.63, 3.8) is 0 Å². The van der Waals surface area contributed by atoms with Crippen molar-refractivity contribution in [1.29, 1.82) is 0 Å². The fraction of sp³-hybridized carbons (Fsp3) is 0.286. The van der Waals surface area contributed by atoms with E-state index < -0.39 is 5.60 Å². The van der Waals surface area contributed by atoms with E-state index in [1.807, 2.05) is 13.8 Å². The summed E-state index contributed by atoms with van der Waals surface area (Å²) in [5.41, 5.74) is 7.48. The molecule has 1 aliphatic heterocycles. The Balaban J connectivity index is 1.66. The first-order chi connectivity index (χ1) is 14.0. The average molecular weight is 392 g/mol. The van der Waals surface area contributed by atoms with Crippen LogP contribution in [0.2, 0.25) is 0 Å². The van der Waals surface area contributed by atoms with Crippen LogP contribution >= 0.6 is 0 Å². The van der Waals surface area contributed by atoms with Gasteiger partial charge in [-0.15, -0.1) is 4.91 Å². The second-order valence-corrected chi connectivity index (χ2v) is 7.09. The molecule has 0 radical (unpaired) electrons. The predicted molar refractivity (Wildman–Crippen MR) is 108 cm³/mol. The molecule has 8 heteroatoms. The first kappa shape index (κ1) is 18.8. The summed E-state index contributed by atoms with van der Waals surface area (Å²) >= 11 is 0. The number of nitrogen functional groups attached to an aromatic ring is 1. The van der Waals surface area contributed by atoms with E-state index in [1.54, 1.807) is 30.3 Å². The van der Waals surface area contributed by atoms with Crippen molar-refractivity contribution in [2.24, 2.45) is 5.18 Å². The molecule has 8 nitrogen and oxygen atoms in total. The van der Waals surface area contributed by atoms with Gasteiger partial charge in [0.05, 0.1) is 17.7 Å². The number of ketones is 1. The molecule has 0 bridgehead atoms.